The molecule has 12 heteroatoms. The summed E-state index contributed by atoms with van der Waals surface area (Å²) in [6, 6.07) is 25.4. The molecular weight excluding hydrogens is 877 g/mol. The fourth-order valence-electron chi connectivity index (χ4n) is 9.97. The van der Waals surface area contributed by atoms with E-state index >= 15 is 0 Å². The van der Waals surface area contributed by atoms with Crippen LogP contribution in [0.25, 0.3) is 0 Å². The molecule has 0 saturated carbocycles. The normalized spacial score (nSPS) is 15.2. The molecule has 0 spiro atoms. The van der Waals surface area contributed by atoms with Gasteiger partial charge in [0.25, 0.3) is 0 Å². The Bertz CT molecular complexity index is 2370. The van der Waals surface area contributed by atoms with Crippen molar-refractivity contribution in [2.45, 2.75) is 57.8 Å². The van der Waals surface area contributed by atoms with Gasteiger partial charge in [-0.3, -0.25) is 0 Å². The van der Waals surface area contributed by atoms with E-state index in [0.717, 1.165) is 66.8 Å². The van der Waals surface area contributed by atoms with Crippen LogP contribution in [0.2, 0.25) is 0 Å². The standard InChI is InChI=1S/C57H60O12/c1-58-46-22-34-16-41-29-53-48(60-3)24-36(41)18-42-30-55-47(59-2)23-35(42)17-40(34)28-52(46)64-10-7-11-65-54-31-43-19-38-26-50(62-5)57(69-15-9-14-67-55)33-45(38)21-39-27-51(63-6)56(68-13-8-12-66-53)32-44(39)20-37(43)25-49(54)61-4/h22-33H,7-21H2,1-6H3. The molecule has 12 nitrogen and oxygen atoms in total. The maximum absolute atomic E-state index is 6.57. The van der Waals surface area contributed by atoms with Crippen molar-refractivity contribution < 1.29 is 56.8 Å². The van der Waals surface area contributed by atoms with Crippen LogP contribution in [0.3, 0.4) is 0 Å². The summed E-state index contributed by atoms with van der Waals surface area (Å²) in [4.78, 5) is 0. The topological polar surface area (TPSA) is 111 Å². The Morgan fingerprint density at radius 1 is 0.232 bits per heavy atom. The highest BCUT2D eigenvalue weighted by molar-refractivity contribution is 5.60. The lowest BCUT2D eigenvalue weighted by molar-refractivity contribution is 0.234. The second-order valence-corrected chi connectivity index (χ2v) is 17.8. The first-order valence-corrected chi connectivity index (χ1v) is 23.8. The van der Waals surface area contributed by atoms with E-state index in [-0.39, 0.29) is 0 Å². The first-order valence-electron chi connectivity index (χ1n) is 23.8. The smallest absolute Gasteiger partial charge is 0.161 e. The first-order chi connectivity index (χ1) is 33.8. The van der Waals surface area contributed by atoms with Gasteiger partial charge in [0.15, 0.2) is 69.0 Å². The van der Waals surface area contributed by atoms with E-state index in [1.54, 1.807) is 42.7 Å². The molecule has 0 N–H and O–H groups in total. The van der Waals surface area contributed by atoms with Crippen LogP contribution < -0.4 is 56.8 Å². The summed E-state index contributed by atoms with van der Waals surface area (Å²) in [5.41, 5.74) is 13.4. The van der Waals surface area contributed by atoms with E-state index in [1.807, 2.05) is 0 Å². The number of benzene rings is 6. The molecule has 69 heavy (non-hydrogen) atoms. The lowest BCUT2D eigenvalue weighted by atomic mass is 9.94. The Morgan fingerprint density at radius 2 is 0.377 bits per heavy atom. The van der Waals surface area contributed by atoms with Crippen molar-refractivity contribution in [3.8, 4) is 69.0 Å². The fourth-order valence-corrected chi connectivity index (χ4v) is 9.97. The van der Waals surface area contributed by atoms with Crippen molar-refractivity contribution in [3.63, 3.8) is 0 Å². The summed E-state index contributed by atoms with van der Waals surface area (Å²) in [6.45, 7) is 2.41. The minimum atomic E-state index is 0.402. The molecule has 2 aliphatic carbocycles. The lowest BCUT2D eigenvalue weighted by Crippen LogP contribution is -2.09. The molecule has 12 heterocycles. The van der Waals surface area contributed by atoms with E-state index < -0.39 is 0 Å². The molecule has 0 radical (unpaired) electrons. The third kappa shape index (κ3) is 9.54. The fraction of sp³-hybridized carbons (Fsp3) is 0.368. The van der Waals surface area contributed by atoms with Gasteiger partial charge in [-0.05, 0) is 178 Å². The average molecular weight is 937 g/mol. The Balaban J connectivity index is 1.15. The van der Waals surface area contributed by atoms with Gasteiger partial charge in [-0.25, -0.2) is 0 Å². The van der Waals surface area contributed by atoms with E-state index in [2.05, 4.69) is 72.8 Å². The molecule has 0 amide bonds. The van der Waals surface area contributed by atoms with E-state index in [4.69, 9.17) is 56.8 Å². The van der Waals surface area contributed by atoms with Gasteiger partial charge in [0, 0.05) is 19.3 Å². The maximum atomic E-state index is 6.57. The SMILES string of the molecule is COc1cc2c3cc1OCCCOc1cc4c(cc1OC)Cc1cc5c(OC)cc1Cc1cc(c(OC)cc1C4)OCCCOc1cc(c(cc1OC)C3)Cc1cc(OC)c(cc1C2)OCCCO5. The van der Waals surface area contributed by atoms with Gasteiger partial charge in [0.05, 0.1) is 82.3 Å². The summed E-state index contributed by atoms with van der Waals surface area (Å²) < 4.78 is 75.6. The van der Waals surface area contributed by atoms with Crippen LogP contribution in [-0.4, -0.2) is 82.3 Å². The van der Waals surface area contributed by atoms with Crippen molar-refractivity contribution in [3.05, 3.63) is 140 Å². The summed E-state index contributed by atoms with van der Waals surface area (Å²) in [7, 11) is 10.1. The predicted octanol–water partition coefficient (Wildman–Crippen LogP) is 10.1. The quantitative estimate of drug-likeness (QED) is 0.158. The molecule has 18 bridgehead atoms. The van der Waals surface area contributed by atoms with E-state index in [1.165, 1.54) is 0 Å². The van der Waals surface area contributed by atoms with Gasteiger partial charge in [-0.15, -0.1) is 0 Å². The van der Waals surface area contributed by atoms with Crippen LogP contribution in [0.5, 0.6) is 69.0 Å². The van der Waals surface area contributed by atoms with Crippen LogP contribution in [0.4, 0.5) is 0 Å². The van der Waals surface area contributed by atoms with Crippen molar-refractivity contribution in [1.82, 2.24) is 0 Å². The number of hydrogen-bond donors (Lipinski definition) is 0. The largest absolute Gasteiger partial charge is 0.493 e. The van der Waals surface area contributed by atoms with Crippen molar-refractivity contribution in [1.29, 1.82) is 0 Å². The molecule has 0 saturated heterocycles. The zero-order chi connectivity index (χ0) is 47.4. The lowest BCUT2D eigenvalue weighted by Gasteiger charge is -2.19. The Morgan fingerprint density at radius 3 is 0.522 bits per heavy atom. The minimum Gasteiger partial charge on any atom is -0.493 e. The van der Waals surface area contributed by atoms with Crippen molar-refractivity contribution in [2.24, 2.45) is 0 Å². The molecule has 0 aromatic heterocycles. The second-order valence-electron chi connectivity index (χ2n) is 17.8. The van der Waals surface area contributed by atoms with Crippen LogP contribution in [0.1, 0.15) is 86.0 Å². The van der Waals surface area contributed by atoms with Crippen LogP contribution in [-0.2, 0) is 38.5 Å². The Hall–Kier alpha value is -7.08. The number of hydrogen-bond acceptors (Lipinski definition) is 12. The van der Waals surface area contributed by atoms with Crippen molar-refractivity contribution >= 4 is 0 Å². The van der Waals surface area contributed by atoms with Crippen molar-refractivity contribution in [2.75, 3.05) is 82.3 Å². The number of methoxy groups -OCH3 is 6. The summed E-state index contributed by atoms with van der Waals surface area (Å²) in [5.74, 6) is 7.98. The summed E-state index contributed by atoms with van der Waals surface area (Å²) in [5, 5.41) is 0. The van der Waals surface area contributed by atoms with Gasteiger partial charge < -0.3 is 56.8 Å². The summed E-state index contributed by atoms with van der Waals surface area (Å²) in [6.07, 6.45) is 5.61. The maximum Gasteiger partial charge on any atom is 0.161 e. The van der Waals surface area contributed by atoms with Crippen LogP contribution in [0.15, 0.2) is 72.8 Å². The zero-order valence-corrected chi connectivity index (χ0v) is 40.4. The molecule has 360 valence electrons. The van der Waals surface area contributed by atoms with Gasteiger partial charge >= 0.3 is 0 Å². The highest BCUT2D eigenvalue weighted by Gasteiger charge is 2.26. The number of ether oxygens (including phenoxy) is 12. The molecule has 0 unspecified atom stereocenters. The number of rotatable bonds is 6. The third-order valence-electron chi connectivity index (χ3n) is 13.6. The Labute approximate surface area is 404 Å². The first kappa shape index (κ1) is 45.7. The summed E-state index contributed by atoms with van der Waals surface area (Å²) >= 11 is 0. The molecule has 14 aliphatic rings. The van der Waals surface area contributed by atoms with E-state index in [0.29, 0.717) is 166 Å². The molecule has 6 aromatic rings. The van der Waals surface area contributed by atoms with E-state index in [9.17, 15) is 0 Å². The van der Waals surface area contributed by atoms with Gasteiger partial charge in [0.1, 0.15) is 0 Å². The van der Waals surface area contributed by atoms with Crippen LogP contribution in [0, 0.1) is 0 Å². The Kier molecular flexibility index (Phi) is 13.4. The minimum absolute atomic E-state index is 0.402. The van der Waals surface area contributed by atoms with Gasteiger partial charge in [-0.2, -0.15) is 0 Å². The molecule has 6 aromatic carbocycles. The highest BCUT2D eigenvalue weighted by Crippen LogP contribution is 2.44. The third-order valence-corrected chi connectivity index (χ3v) is 13.6. The molecule has 20 rings (SSSR count). The van der Waals surface area contributed by atoms with Gasteiger partial charge in [0.2, 0.25) is 0 Å². The second kappa shape index (κ2) is 20.3. The highest BCUT2D eigenvalue weighted by atomic mass is 16.5. The monoisotopic (exact) mass is 936 g/mol. The zero-order valence-electron chi connectivity index (χ0n) is 40.4. The molecular formula is C57H60O12. The van der Waals surface area contributed by atoms with Crippen LogP contribution >= 0.6 is 0 Å². The molecule has 0 fully saturated rings. The predicted molar refractivity (Wildman–Crippen MR) is 262 cm³/mol. The molecule has 0 atom stereocenters. The van der Waals surface area contributed by atoms with Gasteiger partial charge in [-0.1, -0.05) is 0 Å². The average Bonchev–Trinajstić information content (AvgIpc) is 3.45. The molecule has 12 aliphatic heterocycles.